The van der Waals surface area contributed by atoms with Crippen LogP contribution < -0.4 is 5.73 Å². The number of fused-ring (bicyclic) bond motifs is 1. The van der Waals surface area contributed by atoms with Crippen molar-refractivity contribution in [2.75, 3.05) is 13.1 Å². The van der Waals surface area contributed by atoms with E-state index in [1.165, 1.54) is 17.9 Å². The number of aromatic nitrogens is 1. The molecule has 1 aromatic heterocycles. The van der Waals surface area contributed by atoms with Gasteiger partial charge in [-0.25, -0.2) is 0 Å². The Bertz CT molecular complexity index is 1150. The van der Waals surface area contributed by atoms with Crippen molar-refractivity contribution in [2.24, 2.45) is 11.7 Å². The van der Waals surface area contributed by atoms with Gasteiger partial charge in [-0.3, -0.25) is 4.79 Å². The van der Waals surface area contributed by atoms with Crippen LogP contribution in [-0.2, 0) is 17.8 Å². The molecule has 3 N–H and O–H groups in total. The minimum Gasteiger partial charge on any atom is -0.404 e. The van der Waals surface area contributed by atoms with Crippen molar-refractivity contribution in [1.82, 2.24) is 9.47 Å². The first kappa shape index (κ1) is 22.2. The summed E-state index contributed by atoms with van der Waals surface area (Å²) < 4.78 is 2.31. The van der Waals surface area contributed by atoms with Crippen molar-refractivity contribution >= 4 is 40.2 Å². The number of allylic oxidation sites excluding steroid dienone is 1. The summed E-state index contributed by atoms with van der Waals surface area (Å²) in [7, 11) is 0. The minimum atomic E-state index is 0.182. The quantitative estimate of drug-likeness (QED) is 0.514. The Balaban J connectivity index is 1.39. The first-order chi connectivity index (χ1) is 15.6. The van der Waals surface area contributed by atoms with E-state index in [1.54, 1.807) is 0 Å². The number of hydrogen-bond donors (Lipinski definition) is 2. The zero-order valence-corrected chi connectivity index (χ0v) is 18.9. The summed E-state index contributed by atoms with van der Waals surface area (Å²) in [6.07, 6.45) is 8.44. The predicted octanol–water partition coefficient (Wildman–Crippen LogP) is 5.12. The molecule has 32 heavy (non-hydrogen) atoms. The third-order valence-corrected chi connectivity index (χ3v) is 6.57. The smallest absolute Gasteiger partial charge is 0.226 e. The average molecular weight is 449 g/mol. The minimum absolute atomic E-state index is 0.182. The molecule has 0 saturated carbocycles. The molecule has 1 aliphatic rings. The normalized spacial score (nSPS) is 17.3. The number of rotatable bonds is 6. The molecule has 166 valence electrons. The first-order valence-electron chi connectivity index (χ1n) is 11.1. The van der Waals surface area contributed by atoms with Gasteiger partial charge in [0.2, 0.25) is 5.91 Å². The van der Waals surface area contributed by atoms with Gasteiger partial charge in [0.15, 0.2) is 0 Å². The molecule has 0 radical (unpaired) electrons. The Hall–Kier alpha value is -3.05. The lowest BCUT2D eigenvalue weighted by atomic mass is 10.0. The molecule has 0 bridgehead atoms. The fourth-order valence-corrected chi connectivity index (χ4v) is 4.79. The number of nitrogens with one attached hydrogen (secondary N) is 1. The molecule has 1 saturated heterocycles. The Morgan fingerprint density at radius 3 is 2.81 bits per heavy atom. The number of amides is 1. The van der Waals surface area contributed by atoms with Crippen molar-refractivity contribution in [2.45, 2.75) is 32.2 Å². The number of benzene rings is 2. The molecule has 1 unspecified atom stereocenters. The Morgan fingerprint density at radius 1 is 1.16 bits per heavy atom. The molecule has 1 atom stereocenters. The number of hydrogen-bond acceptors (Lipinski definition) is 3. The highest BCUT2D eigenvalue weighted by molar-refractivity contribution is 6.30. The summed E-state index contributed by atoms with van der Waals surface area (Å²) in [4.78, 5) is 14.8. The lowest BCUT2D eigenvalue weighted by Gasteiger charge is -2.21. The topological polar surface area (TPSA) is 75.1 Å². The van der Waals surface area contributed by atoms with Gasteiger partial charge in [0, 0.05) is 59.7 Å². The number of likely N-dealkylation sites (tertiary alicyclic amines) is 1. The van der Waals surface area contributed by atoms with Crippen LogP contribution in [0.5, 0.6) is 0 Å². The third-order valence-electron chi connectivity index (χ3n) is 6.34. The predicted molar refractivity (Wildman–Crippen MR) is 132 cm³/mol. The van der Waals surface area contributed by atoms with Crippen LogP contribution >= 0.6 is 11.6 Å². The molecular formula is C26H29ClN4O. The standard InChI is InChI=1S/C26H29ClN4O/c27-24-5-1-3-20(13-24)14-26(32)30-10-2-4-19(8-11-30)18-31-12-9-22-15-21(6-7-25(22)31)23(16-28)17-29/h1,3,5-7,9,12-13,15-17,19,28H,2,4,8,10-11,14,18,29H2/b23-17+,28-16?. The molecule has 5 nitrogen and oxygen atoms in total. The zero-order valence-electron chi connectivity index (χ0n) is 18.1. The second-order valence-corrected chi connectivity index (χ2v) is 8.93. The highest BCUT2D eigenvalue weighted by Crippen LogP contribution is 2.25. The highest BCUT2D eigenvalue weighted by atomic mass is 35.5. The SMILES string of the molecule is N=C/C(=C\N)c1ccc2c(ccn2CC2CCCN(C(=O)Cc3cccc(Cl)c3)CC2)c1. The van der Waals surface area contributed by atoms with E-state index in [2.05, 4.69) is 29.0 Å². The fraction of sp³-hybridized carbons (Fsp3) is 0.308. The second-order valence-electron chi connectivity index (χ2n) is 8.49. The van der Waals surface area contributed by atoms with E-state index in [0.717, 1.165) is 55.4 Å². The lowest BCUT2D eigenvalue weighted by Crippen LogP contribution is -2.33. The number of nitrogens with two attached hydrogens (primary N) is 1. The van der Waals surface area contributed by atoms with Crippen LogP contribution in [0.2, 0.25) is 5.02 Å². The van der Waals surface area contributed by atoms with Gasteiger partial charge in [0.05, 0.1) is 6.42 Å². The van der Waals surface area contributed by atoms with Crippen LogP contribution in [0.3, 0.4) is 0 Å². The third kappa shape index (κ3) is 5.05. The molecule has 1 fully saturated rings. The maximum Gasteiger partial charge on any atom is 0.226 e. The van der Waals surface area contributed by atoms with Crippen molar-refractivity contribution in [1.29, 1.82) is 5.41 Å². The van der Waals surface area contributed by atoms with Crippen LogP contribution in [0.4, 0.5) is 0 Å². The number of nitrogens with zero attached hydrogens (tertiary/aromatic N) is 2. The largest absolute Gasteiger partial charge is 0.404 e. The van der Waals surface area contributed by atoms with Crippen molar-refractivity contribution in [3.63, 3.8) is 0 Å². The Labute approximate surface area is 194 Å². The van der Waals surface area contributed by atoms with Crippen LogP contribution in [0.25, 0.3) is 16.5 Å². The maximum absolute atomic E-state index is 12.8. The molecule has 0 aliphatic carbocycles. The summed E-state index contributed by atoms with van der Waals surface area (Å²) in [6.45, 7) is 2.57. The monoisotopic (exact) mass is 448 g/mol. The number of carbonyl (C=O) groups excluding carboxylic acids is 1. The molecular weight excluding hydrogens is 420 g/mol. The van der Waals surface area contributed by atoms with Gasteiger partial charge in [0.25, 0.3) is 0 Å². The summed E-state index contributed by atoms with van der Waals surface area (Å²) in [5, 5.41) is 9.33. The van der Waals surface area contributed by atoms with Crippen molar-refractivity contribution in [3.05, 3.63) is 77.1 Å². The van der Waals surface area contributed by atoms with E-state index in [1.807, 2.05) is 35.2 Å². The molecule has 1 aliphatic heterocycles. The summed E-state index contributed by atoms with van der Waals surface area (Å²) in [6, 6.07) is 15.9. The molecule has 2 aromatic carbocycles. The average Bonchev–Trinajstić information content (AvgIpc) is 3.02. The van der Waals surface area contributed by atoms with E-state index < -0.39 is 0 Å². The first-order valence-corrected chi connectivity index (χ1v) is 11.5. The summed E-state index contributed by atoms with van der Waals surface area (Å²) in [5.74, 6) is 0.720. The van der Waals surface area contributed by atoms with E-state index in [-0.39, 0.29) is 5.91 Å². The van der Waals surface area contributed by atoms with Crippen LogP contribution in [-0.4, -0.2) is 34.7 Å². The number of carbonyl (C=O) groups is 1. The molecule has 0 spiro atoms. The Kier molecular flexibility index (Phi) is 6.96. The molecule has 2 heterocycles. The van der Waals surface area contributed by atoms with Gasteiger partial charge in [-0.05, 0) is 66.6 Å². The molecule has 4 rings (SSSR count). The summed E-state index contributed by atoms with van der Waals surface area (Å²) >= 11 is 6.06. The molecule has 1 amide bonds. The molecule has 3 aromatic rings. The van der Waals surface area contributed by atoms with Gasteiger partial charge >= 0.3 is 0 Å². The van der Waals surface area contributed by atoms with Gasteiger partial charge in [0.1, 0.15) is 0 Å². The van der Waals surface area contributed by atoms with Crippen LogP contribution in [0, 0.1) is 11.3 Å². The van der Waals surface area contributed by atoms with E-state index in [0.29, 0.717) is 22.9 Å². The van der Waals surface area contributed by atoms with E-state index in [4.69, 9.17) is 22.7 Å². The lowest BCUT2D eigenvalue weighted by molar-refractivity contribution is -0.130. The number of halogens is 1. The van der Waals surface area contributed by atoms with Crippen LogP contribution in [0.15, 0.2) is 60.9 Å². The van der Waals surface area contributed by atoms with Crippen molar-refractivity contribution < 1.29 is 4.79 Å². The van der Waals surface area contributed by atoms with E-state index in [9.17, 15) is 4.79 Å². The maximum atomic E-state index is 12.8. The zero-order chi connectivity index (χ0) is 22.5. The molecule has 6 heteroatoms. The fourth-order valence-electron chi connectivity index (χ4n) is 4.58. The highest BCUT2D eigenvalue weighted by Gasteiger charge is 2.21. The van der Waals surface area contributed by atoms with Crippen molar-refractivity contribution in [3.8, 4) is 0 Å². The van der Waals surface area contributed by atoms with E-state index >= 15 is 0 Å². The van der Waals surface area contributed by atoms with Gasteiger partial charge in [-0.1, -0.05) is 29.8 Å². The Morgan fingerprint density at radius 2 is 2.03 bits per heavy atom. The van der Waals surface area contributed by atoms with Gasteiger partial charge < -0.3 is 20.6 Å². The van der Waals surface area contributed by atoms with Crippen LogP contribution in [0.1, 0.15) is 30.4 Å². The summed E-state index contributed by atoms with van der Waals surface area (Å²) in [5.41, 5.74) is 9.46. The van der Waals surface area contributed by atoms with Gasteiger partial charge in [-0.15, -0.1) is 0 Å². The van der Waals surface area contributed by atoms with Gasteiger partial charge in [-0.2, -0.15) is 0 Å². The second kappa shape index (κ2) is 10.0.